The van der Waals surface area contributed by atoms with Gasteiger partial charge in [-0.05, 0) is 32.6 Å². The lowest BCUT2D eigenvalue weighted by Gasteiger charge is -2.36. The summed E-state index contributed by atoms with van der Waals surface area (Å²) in [5.41, 5.74) is 3.59. The third kappa shape index (κ3) is 2.78. The molecule has 8 heteroatoms. The SMILES string of the molecule is Cc1nn(C)cc1C(=O)N1C2CCC1c1cnc(N3CCCC(O)C3)nc1C2. The summed E-state index contributed by atoms with van der Waals surface area (Å²) in [4.78, 5) is 26.8. The van der Waals surface area contributed by atoms with Gasteiger partial charge in [-0.3, -0.25) is 9.48 Å². The number of hydrogen-bond acceptors (Lipinski definition) is 6. The van der Waals surface area contributed by atoms with E-state index in [-0.39, 0.29) is 24.1 Å². The molecule has 1 amide bonds. The van der Waals surface area contributed by atoms with Crippen LogP contribution in [-0.4, -0.2) is 60.9 Å². The van der Waals surface area contributed by atoms with Crippen molar-refractivity contribution in [1.29, 1.82) is 0 Å². The molecule has 8 nitrogen and oxygen atoms in total. The molecule has 28 heavy (non-hydrogen) atoms. The first-order valence-electron chi connectivity index (χ1n) is 10.1. The van der Waals surface area contributed by atoms with Gasteiger partial charge in [-0.15, -0.1) is 0 Å². The maximum absolute atomic E-state index is 13.3. The van der Waals surface area contributed by atoms with Crippen LogP contribution in [0.3, 0.4) is 0 Å². The highest BCUT2D eigenvalue weighted by molar-refractivity contribution is 5.96. The second-order valence-electron chi connectivity index (χ2n) is 8.28. The number of aliphatic hydroxyl groups excluding tert-OH is 1. The number of amides is 1. The summed E-state index contributed by atoms with van der Waals surface area (Å²) in [5.74, 6) is 0.770. The van der Waals surface area contributed by atoms with Gasteiger partial charge in [0.15, 0.2) is 0 Å². The summed E-state index contributed by atoms with van der Waals surface area (Å²) >= 11 is 0. The third-order valence-corrected chi connectivity index (χ3v) is 6.34. The molecule has 2 saturated heterocycles. The lowest BCUT2D eigenvalue weighted by Crippen LogP contribution is -2.43. The van der Waals surface area contributed by atoms with Crippen LogP contribution in [0.1, 0.15) is 59.0 Å². The fourth-order valence-electron chi connectivity index (χ4n) is 5.01. The molecule has 0 radical (unpaired) electrons. The number of anilines is 1. The van der Waals surface area contributed by atoms with Gasteiger partial charge in [0, 0.05) is 50.6 Å². The number of β-amino-alcohol motifs (C(OH)–C–C–N with tert-alkyl or cyclic N) is 1. The molecule has 3 aliphatic rings. The fourth-order valence-corrected chi connectivity index (χ4v) is 5.01. The highest BCUT2D eigenvalue weighted by Gasteiger charge is 2.44. The molecule has 0 spiro atoms. The van der Waals surface area contributed by atoms with Crippen LogP contribution in [0.15, 0.2) is 12.4 Å². The Kier molecular flexibility index (Phi) is 4.12. The van der Waals surface area contributed by atoms with Gasteiger partial charge in [0.25, 0.3) is 5.91 Å². The number of aliphatic hydroxyl groups is 1. The molecule has 3 unspecified atom stereocenters. The first-order chi connectivity index (χ1) is 13.5. The van der Waals surface area contributed by atoms with Gasteiger partial charge in [-0.1, -0.05) is 0 Å². The second kappa shape index (κ2) is 6.55. The molecule has 2 aromatic heterocycles. The zero-order valence-electron chi connectivity index (χ0n) is 16.4. The Bertz CT molecular complexity index is 925. The average Bonchev–Trinajstić information content (AvgIpc) is 3.18. The van der Waals surface area contributed by atoms with Crippen LogP contribution in [0, 0.1) is 6.92 Å². The van der Waals surface area contributed by atoms with Crippen molar-refractivity contribution in [3.63, 3.8) is 0 Å². The Morgan fingerprint density at radius 2 is 2.14 bits per heavy atom. The molecule has 0 aliphatic carbocycles. The third-order valence-electron chi connectivity index (χ3n) is 6.34. The van der Waals surface area contributed by atoms with E-state index < -0.39 is 0 Å². The first-order valence-corrected chi connectivity index (χ1v) is 10.1. The summed E-state index contributed by atoms with van der Waals surface area (Å²) in [6, 6.07) is 0.223. The predicted octanol–water partition coefficient (Wildman–Crippen LogP) is 1.38. The second-order valence-corrected chi connectivity index (χ2v) is 8.28. The van der Waals surface area contributed by atoms with E-state index in [1.54, 1.807) is 4.68 Å². The van der Waals surface area contributed by atoms with Crippen LogP contribution in [-0.2, 0) is 13.5 Å². The van der Waals surface area contributed by atoms with Crippen molar-refractivity contribution in [2.24, 2.45) is 7.05 Å². The topological polar surface area (TPSA) is 87.4 Å². The molecule has 2 aromatic rings. The van der Waals surface area contributed by atoms with Gasteiger partial charge in [0.2, 0.25) is 5.95 Å². The lowest BCUT2D eigenvalue weighted by atomic mass is 9.98. The number of rotatable bonds is 2. The van der Waals surface area contributed by atoms with Crippen LogP contribution in [0.25, 0.3) is 0 Å². The minimum atomic E-state index is -0.305. The Labute approximate surface area is 164 Å². The van der Waals surface area contributed by atoms with E-state index in [0.29, 0.717) is 18.1 Å². The Morgan fingerprint density at radius 1 is 1.29 bits per heavy atom. The van der Waals surface area contributed by atoms with E-state index >= 15 is 0 Å². The van der Waals surface area contributed by atoms with E-state index in [9.17, 15) is 9.90 Å². The van der Waals surface area contributed by atoms with Crippen molar-refractivity contribution in [3.05, 3.63) is 34.9 Å². The fraction of sp³-hybridized carbons (Fsp3) is 0.600. The monoisotopic (exact) mass is 382 g/mol. The van der Waals surface area contributed by atoms with E-state index in [0.717, 1.165) is 55.6 Å². The maximum atomic E-state index is 13.3. The largest absolute Gasteiger partial charge is 0.391 e. The molecule has 2 bridgehead atoms. The van der Waals surface area contributed by atoms with Crippen molar-refractivity contribution < 1.29 is 9.90 Å². The van der Waals surface area contributed by atoms with Gasteiger partial charge in [0.05, 0.1) is 29.1 Å². The average molecular weight is 382 g/mol. The summed E-state index contributed by atoms with van der Waals surface area (Å²) in [6.45, 7) is 3.36. The number of fused-ring (bicyclic) bond motifs is 4. The van der Waals surface area contributed by atoms with E-state index in [1.165, 1.54) is 0 Å². The minimum absolute atomic E-state index is 0.0434. The van der Waals surface area contributed by atoms with Crippen molar-refractivity contribution in [3.8, 4) is 0 Å². The van der Waals surface area contributed by atoms with Crippen LogP contribution < -0.4 is 4.90 Å². The highest BCUT2D eigenvalue weighted by Crippen LogP contribution is 2.44. The van der Waals surface area contributed by atoms with E-state index in [4.69, 9.17) is 4.98 Å². The number of hydrogen-bond donors (Lipinski definition) is 1. The molecule has 2 fully saturated rings. The molecule has 3 atom stereocenters. The van der Waals surface area contributed by atoms with Crippen LogP contribution in [0.5, 0.6) is 0 Å². The van der Waals surface area contributed by atoms with Crippen molar-refractivity contribution >= 4 is 11.9 Å². The number of aromatic nitrogens is 4. The van der Waals surface area contributed by atoms with Crippen molar-refractivity contribution in [2.75, 3.05) is 18.0 Å². The van der Waals surface area contributed by atoms with Gasteiger partial charge < -0.3 is 14.9 Å². The highest BCUT2D eigenvalue weighted by atomic mass is 16.3. The maximum Gasteiger partial charge on any atom is 0.258 e. The number of piperidine rings is 1. The number of aryl methyl sites for hydroxylation is 2. The zero-order valence-corrected chi connectivity index (χ0v) is 16.4. The molecule has 1 N–H and O–H groups in total. The predicted molar refractivity (Wildman–Crippen MR) is 103 cm³/mol. The van der Waals surface area contributed by atoms with Crippen molar-refractivity contribution in [2.45, 2.75) is 57.2 Å². The first kappa shape index (κ1) is 17.6. The summed E-state index contributed by atoms with van der Waals surface area (Å²) < 4.78 is 1.70. The smallest absolute Gasteiger partial charge is 0.258 e. The van der Waals surface area contributed by atoms with E-state index in [2.05, 4.69) is 15.0 Å². The molecular formula is C20H26N6O2. The summed E-state index contributed by atoms with van der Waals surface area (Å²) in [6.07, 6.45) is 7.92. The molecule has 5 heterocycles. The van der Waals surface area contributed by atoms with Crippen LogP contribution in [0.2, 0.25) is 0 Å². The standard InChI is InChI=1S/C20H26N6O2/c1-12-16(11-24(2)23-12)19(28)26-13-5-6-18(26)15-9-21-20(22-17(15)8-13)25-7-3-4-14(27)10-25/h9,11,13-14,18,27H,3-8,10H2,1-2H3. The van der Waals surface area contributed by atoms with Gasteiger partial charge in [-0.25, -0.2) is 9.97 Å². The Morgan fingerprint density at radius 3 is 2.89 bits per heavy atom. The van der Waals surface area contributed by atoms with Crippen LogP contribution in [0.4, 0.5) is 5.95 Å². The van der Waals surface area contributed by atoms with Gasteiger partial charge in [-0.2, -0.15) is 5.10 Å². The summed E-state index contributed by atoms with van der Waals surface area (Å²) in [7, 11) is 1.84. The molecule has 0 saturated carbocycles. The van der Waals surface area contributed by atoms with Crippen LogP contribution >= 0.6 is 0 Å². The number of carbonyl (C=O) groups excluding carboxylic acids is 1. The normalized spacial score (nSPS) is 26.5. The zero-order chi connectivity index (χ0) is 19.4. The molecule has 3 aliphatic heterocycles. The lowest BCUT2D eigenvalue weighted by molar-refractivity contribution is 0.0643. The molecular weight excluding hydrogens is 356 g/mol. The Hall–Kier alpha value is -2.48. The van der Waals surface area contributed by atoms with Crippen molar-refractivity contribution in [1.82, 2.24) is 24.6 Å². The van der Waals surface area contributed by atoms with Gasteiger partial charge >= 0.3 is 0 Å². The quantitative estimate of drug-likeness (QED) is 0.844. The molecule has 0 aromatic carbocycles. The molecule has 148 valence electrons. The Balaban J connectivity index is 1.44. The van der Waals surface area contributed by atoms with E-state index in [1.807, 2.05) is 31.3 Å². The van der Waals surface area contributed by atoms with Gasteiger partial charge in [0.1, 0.15) is 0 Å². The molecule has 5 rings (SSSR count). The minimum Gasteiger partial charge on any atom is -0.391 e. The summed E-state index contributed by atoms with van der Waals surface area (Å²) in [5, 5.41) is 14.3. The number of nitrogens with zero attached hydrogens (tertiary/aromatic N) is 6. The number of carbonyl (C=O) groups is 1.